The van der Waals surface area contributed by atoms with Gasteiger partial charge in [-0.05, 0) is 68.7 Å². The summed E-state index contributed by atoms with van der Waals surface area (Å²) < 4.78 is 0. The third kappa shape index (κ3) is 4.97. The van der Waals surface area contributed by atoms with Crippen LogP contribution in [0, 0.1) is 0 Å². The van der Waals surface area contributed by atoms with Gasteiger partial charge >= 0.3 is 0 Å². The second-order valence-corrected chi connectivity index (χ2v) is 8.42. The zero-order valence-electron chi connectivity index (χ0n) is 16.5. The van der Waals surface area contributed by atoms with E-state index in [0.717, 1.165) is 29.2 Å². The van der Waals surface area contributed by atoms with Crippen molar-refractivity contribution in [2.24, 2.45) is 0 Å². The van der Waals surface area contributed by atoms with Gasteiger partial charge in [0.1, 0.15) is 5.03 Å². The number of rotatable bonds is 7. The molecule has 1 saturated heterocycles. The largest absolute Gasteiger partial charge is 0.352 e. The van der Waals surface area contributed by atoms with Crippen LogP contribution in [-0.4, -0.2) is 53.6 Å². The number of benzene rings is 1. The van der Waals surface area contributed by atoms with E-state index in [1.54, 1.807) is 11.1 Å². The Morgan fingerprint density at radius 1 is 1.14 bits per heavy atom. The Kier molecular flexibility index (Phi) is 6.46. The summed E-state index contributed by atoms with van der Waals surface area (Å²) >= 11 is 1.48. The molecule has 1 aromatic carbocycles. The summed E-state index contributed by atoms with van der Waals surface area (Å²) in [5, 5.41) is 3.89. The Morgan fingerprint density at radius 3 is 2.72 bits per heavy atom. The van der Waals surface area contributed by atoms with E-state index in [-0.39, 0.29) is 11.8 Å². The number of hydrogen-bond acceptors (Lipinski definition) is 5. The molecule has 1 aromatic heterocycles. The summed E-state index contributed by atoms with van der Waals surface area (Å²) in [6.07, 6.45) is 5.32. The number of fused-ring (bicyclic) bond motifs is 1. The van der Waals surface area contributed by atoms with Gasteiger partial charge in [-0.1, -0.05) is 23.9 Å². The molecule has 1 fully saturated rings. The Labute approximate surface area is 175 Å². The summed E-state index contributed by atoms with van der Waals surface area (Å²) in [6, 6.07) is 11.3. The van der Waals surface area contributed by atoms with Crippen LogP contribution < -0.4 is 10.2 Å². The number of nitrogens with one attached hydrogen (secondary N) is 1. The summed E-state index contributed by atoms with van der Waals surface area (Å²) in [5.41, 5.74) is 2.50. The minimum absolute atomic E-state index is 0.0435. The molecule has 0 unspecified atom stereocenters. The van der Waals surface area contributed by atoms with Gasteiger partial charge in [-0.15, -0.1) is 0 Å². The number of thioether (sulfide) groups is 1. The molecule has 6 nitrogen and oxygen atoms in total. The second kappa shape index (κ2) is 9.41. The van der Waals surface area contributed by atoms with E-state index in [0.29, 0.717) is 24.4 Å². The Balaban J connectivity index is 1.31. The van der Waals surface area contributed by atoms with Crippen molar-refractivity contribution >= 4 is 29.3 Å². The highest BCUT2D eigenvalue weighted by molar-refractivity contribution is 8.00. The number of hydrogen-bond donors (Lipinski definition) is 1. The van der Waals surface area contributed by atoms with Crippen LogP contribution in [-0.2, 0) is 11.3 Å². The predicted molar refractivity (Wildman–Crippen MR) is 115 cm³/mol. The number of carbonyl (C=O) groups excluding carboxylic acids is 2. The molecule has 29 heavy (non-hydrogen) atoms. The van der Waals surface area contributed by atoms with Crippen molar-refractivity contribution in [3.8, 4) is 0 Å². The van der Waals surface area contributed by atoms with E-state index in [9.17, 15) is 9.59 Å². The van der Waals surface area contributed by atoms with Crippen molar-refractivity contribution in [2.45, 2.75) is 30.8 Å². The summed E-state index contributed by atoms with van der Waals surface area (Å²) in [7, 11) is 0. The van der Waals surface area contributed by atoms with E-state index in [4.69, 9.17) is 0 Å². The monoisotopic (exact) mass is 410 g/mol. The fraction of sp³-hybridized carbons (Fsp3) is 0.409. The van der Waals surface area contributed by atoms with Crippen LogP contribution in [0.4, 0.5) is 5.69 Å². The lowest BCUT2D eigenvalue weighted by atomic mass is 10.1. The van der Waals surface area contributed by atoms with Gasteiger partial charge in [0.25, 0.3) is 5.91 Å². The molecule has 2 aliphatic rings. The predicted octanol–water partition coefficient (Wildman–Crippen LogP) is 2.94. The Bertz CT molecular complexity index is 865. The van der Waals surface area contributed by atoms with Gasteiger partial charge in [0.15, 0.2) is 0 Å². The van der Waals surface area contributed by atoms with Gasteiger partial charge in [0.2, 0.25) is 5.91 Å². The van der Waals surface area contributed by atoms with E-state index < -0.39 is 0 Å². The van der Waals surface area contributed by atoms with E-state index in [2.05, 4.69) is 15.2 Å². The molecule has 152 valence electrons. The maximum Gasteiger partial charge on any atom is 0.251 e. The minimum atomic E-state index is -0.0435. The van der Waals surface area contributed by atoms with E-state index in [1.165, 1.54) is 37.7 Å². The molecule has 2 amide bonds. The zero-order valence-corrected chi connectivity index (χ0v) is 17.3. The molecule has 1 N–H and O–H groups in total. The molecule has 0 atom stereocenters. The Morgan fingerprint density at radius 2 is 1.93 bits per heavy atom. The van der Waals surface area contributed by atoms with Crippen molar-refractivity contribution in [1.29, 1.82) is 0 Å². The van der Waals surface area contributed by atoms with Gasteiger partial charge in [-0.3, -0.25) is 9.59 Å². The number of likely N-dealkylation sites (tertiary alicyclic amines) is 1. The average Bonchev–Trinajstić information content (AvgIpc) is 3.27. The number of nitrogens with zero attached hydrogens (tertiary/aromatic N) is 3. The first kappa shape index (κ1) is 19.9. The third-order valence-electron chi connectivity index (χ3n) is 5.37. The normalized spacial score (nSPS) is 16.7. The number of aromatic nitrogens is 1. The lowest BCUT2D eigenvalue weighted by Crippen LogP contribution is -2.35. The fourth-order valence-electron chi connectivity index (χ4n) is 3.77. The van der Waals surface area contributed by atoms with Gasteiger partial charge in [0.05, 0.1) is 18.0 Å². The van der Waals surface area contributed by atoms with E-state index >= 15 is 0 Å². The summed E-state index contributed by atoms with van der Waals surface area (Å²) in [4.78, 5) is 33.3. The van der Waals surface area contributed by atoms with E-state index in [1.807, 2.05) is 36.4 Å². The van der Waals surface area contributed by atoms with Crippen molar-refractivity contribution < 1.29 is 9.59 Å². The maximum atomic E-state index is 12.4. The topological polar surface area (TPSA) is 65.5 Å². The first-order chi connectivity index (χ1) is 14.2. The first-order valence-corrected chi connectivity index (χ1v) is 11.2. The molecule has 3 heterocycles. The molecular weight excluding hydrogens is 384 g/mol. The van der Waals surface area contributed by atoms with Crippen LogP contribution in [0.5, 0.6) is 0 Å². The number of pyridine rings is 1. The first-order valence-electron chi connectivity index (χ1n) is 10.2. The van der Waals surface area contributed by atoms with Gasteiger partial charge in [-0.25, -0.2) is 4.98 Å². The van der Waals surface area contributed by atoms with Crippen LogP contribution in [0.15, 0.2) is 47.6 Å². The van der Waals surface area contributed by atoms with Crippen molar-refractivity contribution in [3.63, 3.8) is 0 Å². The van der Waals surface area contributed by atoms with Crippen LogP contribution >= 0.6 is 11.8 Å². The lowest BCUT2D eigenvalue weighted by molar-refractivity contribution is -0.116. The van der Waals surface area contributed by atoms with Crippen LogP contribution in [0.3, 0.4) is 0 Å². The van der Waals surface area contributed by atoms with Crippen molar-refractivity contribution in [3.05, 3.63) is 53.7 Å². The fourth-order valence-corrected chi connectivity index (χ4v) is 4.65. The molecular formula is C22H26N4O2S. The second-order valence-electron chi connectivity index (χ2n) is 7.45. The van der Waals surface area contributed by atoms with Gasteiger partial charge in [-0.2, -0.15) is 0 Å². The molecule has 4 rings (SSSR count). The average molecular weight is 411 g/mol. The van der Waals surface area contributed by atoms with Crippen LogP contribution in [0.2, 0.25) is 0 Å². The Hall–Kier alpha value is -2.38. The molecule has 2 aliphatic heterocycles. The highest BCUT2D eigenvalue weighted by atomic mass is 32.2. The number of anilines is 1. The minimum Gasteiger partial charge on any atom is -0.352 e. The molecule has 2 aromatic rings. The standard InChI is InChI=1S/C22H26N4O2S/c27-20-16-29-22-19(5-3-10-24-22)26(20)15-17-6-8-18(9-7-17)21(28)23-11-4-14-25-12-1-2-13-25/h3,5-10H,1-2,4,11-16H2,(H,23,28). The smallest absolute Gasteiger partial charge is 0.251 e. The zero-order chi connectivity index (χ0) is 20.1. The molecule has 0 bridgehead atoms. The lowest BCUT2D eigenvalue weighted by Gasteiger charge is -2.28. The third-order valence-corrected chi connectivity index (χ3v) is 6.35. The molecule has 0 aliphatic carbocycles. The summed E-state index contributed by atoms with van der Waals surface area (Å²) in [6.45, 7) is 4.61. The van der Waals surface area contributed by atoms with Crippen molar-refractivity contribution in [2.75, 3.05) is 36.8 Å². The van der Waals surface area contributed by atoms with Crippen molar-refractivity contribution in [1.82, 2.24) is 15.2 Å². The SMILES string of the molecule is O=C(NCCCN1CCCC1)c1ccc(CN2C(=O)CSc3ncccc32)cc1. The molecule has 0 spiro atoms. The summed E-state index contributed by atoms with van der Waals surface area (Å²) in [5.74, 6) is 0.440. The quantitative estimate of drug-likeness (QED) is 0.711. The highest BCUT2D eigenvalue weighted by Gasteiger charge is 2.25. The molecule has 0 saturated carbocycles. The molecule has 0 radical (unpaired) electrons. The van der Waals surface area contributed by atoms with Crippen LogP contribution in [0.25, 0.3) is 0 Å². The van der Waals surface area contributed by atoms with Gasteiger partial charge in [0, 0.05) is 18.3 Å². The number of carbonyl (C=O) groups is 2. The molecule has 7 heteroatoms. The highest BCUT2D eigenvalue weighted by Crippen LogP contribution is 2.33. The van der Waals surface area contributed by atoms with Crippen LogP contribution in [0.1, 0.15) is 35.2 Å². The van der Waals surface area contributed by atoms with Gasteiger partial charge < -0.3 is 15.1 Å². The number of amides is 2. The maximum absolute atomic E-state index is 12.4.